The highest BCUT2D eigenvalue weighted by Crippen LogP contribution is 2.21. The number of carbonyl (C=O) groups excluding carboxylic acids is 1. The lowest BCUT2D eigenvalue weighted by Gasteiger charge is -2.11. The Balaban J connectivity index is 2.28. The molecule has 0 aliphatic carbocycles. The molecule has 3 N–H and O–H groups in total. The van der Waals surface area contributed by atoms with Crippen LogP contribution in [0.1, 0.15) is 5.56 Å². The van der Waals surface area contributed by atoms with E-state index in [4.69, 9.17) is 17.3 Å². The van der Waals surface area contributed by atoms with Gasteiger partial charge in [0, 0.05) is 19.1 Å². The Morgan fingerprint density at radius 2 is 1.92 bits per heavy atom. The third kappa shape index (κ3) is 2.97. The summed E-state index contributed by atoms with van der Waals surface area (Å²) in [5, 5.41) is 3.33. The molecule has 0 radical (unpaired) electrons. The van der Waals surface area contributed by atoms with Crippen molar-refractivity contribution in [3.63, 3.8) is 0 Å². The maximum Gasteiger partial charge on any atom is 0.332 e. The summed E-state index contributed by atoms with van der Waals surface area (Å²) in [4.78, 5) is 40.3. The van der Waals surface area contributed by atoms with E-state index in [1.54, 1.807) is 16.7 Å². The first kappa shape index (κ1) is 17.7. The maximum absolute atomic E-state index is 12.7. The number of carbonyl (C=O) groups is 1. The van der Waals surface area contributed by atoms with Crippen molar-refractivity contribution in [3.8, 4) is 0 Å². The Kier molecular flexibility index (Phi) is 4.56. The first-order valence-corrected chi connectivity index (χ1v) is 8.11. The zero-order valence-electron chi connectivity index (χ0n) is 14.2. The van der Waals surface area contributed by atoms with Gasteiger partial charge in [-0.3, -0.25) is 23.3 Å². The lowest BCUT2D eigenvalue weighted by atomic mass is 10.2. The van der Waals surface area contributed by atoms with Gasteiger partial charge in [0.05, 0.1) is 13.1 Å². The van der Waals surface area contributed by atoms with E-state index in [1.807, 2.05) is 12.1 Å². The smallest absolute Gasteiger partial charge is 0.332 e. The SMILES string of the molecule is Cn1c(=O)c2c(nc(NCC(N)=O)n2Cc2ccccc2Cl)n(C)c1=O. The average molecular weight is 377 g/mol. The molecule has 1 amide bonds. The highest BCUT2D eigenvalue weighted by atomic mass is 35.5. The van der Waals surface area contributed by atoms with Gasteiger partial charge in [0.1, 0.15) is 0 Å². The van der Waals surface area contributed by atoms with E-state index >= 15 is 0 Å². The molecule has 0 fully saturated rings. The highest BCUT2D eigenvalue weighted by Gasteiger charge is 2.20. The summed E-state index contributed by atoms with van der Waals surface area (Å²) < 4.78 is 3.86. The van der Waals surface area contributed by atoms with Crippen LogP contribution >= 0.6 is 11.6 Å². The van der Waals surface area contributed by atoms with Crippen LogP contribution in [0.3, 0.4) is 0 Å². The summed E-state index contributed by atoms with van der Waals surface area (Å²) in [5.41, 5.74) is 5.39. The minimum Gasteiger partial charge on any atom is -0.368 e. The quantitative estimate of drug-likeness (QED) is 0.651. The van der Waals surface area contributed by atoms with Crippen molar-refractivity contribution in [3.05, 3.63) is 55.7 Å². The topological polar surface area (TPSA) is 117 Å². The minimum absolute atomic E-state index is 0.167. The summed E-state index contributed by atoms with van der Waals surface area (Å²) in [7, 11) is 2.92. The van der Waals surface area contributed by atoms with Gasteiger partial charge >= 0.3 is 5.69 Å². The van der Waals surface area contributed by atoms with Gasteiger partial charge in [-0.1, -0.05) is 29.8 Å². The van der Waals surface area contributed by atoms with E-state index < -0.39 is 17.2 Å². The molecule has 2 aromatic heterocycles. The molecule has 1 aromatic carbocycles. The average Bonchev–Trinajstić information content (AvgIpc) is 2.97. The van der Waals surface area contributed by atoms with Gasteiger partial charge < -0.3 is 11.1 Å². The molecule has 0 saturated carbocycles. The Morgan fingerprint density at radius 1 is 1.23 bits per heavy atom. The van der Waals surface area contributed by atoms with Gasteiger partial charge in [-0.2, -0.15) is 4.98 Å². The number of nitrogens with one attached hydrogen (secondary N) is 1. The molecule has 26 heavy (non-hydrogen) atoms. The number of hydrogen-bond donors (Lipinski definition) is 2. The van der Waals surface area contributed by atoms with Crippen molar-refractivity contribution in [2.45, 2.75) is 6.54 Å². The number of anilines is 1. The number of nitrogens with zero attached hydrogens (tertiary/aromatic N) is 4. The normalized spacial score (nSPS) is 11.0. The largest absolute Gasteiger partial charge is 0.368 e. The summed E-state index contributed by atoms with van der Waals surface area (Å²) in [6.07, 6.45) is 0. The van der Waals surface area contributed by atoms with Crippen molar-refractivity contribution in [2.24, 2.45) is 19.8 Å². The lowest BCUT2D eigenvalue weighted by molar-refractivity contribution is -0.116. The number of primary amides is 1. The molecule has 0 unspecified atom stereocenters. The zero-order valence-corrected chi connectivity index (χ0v) is 14.9. The Hall–Kier alpha value is -3.07. The van der Waals surface area contributed by atoms with Crippen LogP contribution in [-0.4, -0.2) is 31.1 Å². The molecule has 10 heteroatoms. The first-order chi connectivity index (χ1) is 12.3. The summed E-state index contributed by atoms with van der Waals surface area (Å²) in [6, 6.07) is 7.18. The fourth-order valence-corrected chi connectivity index (χ4v) is 2.89. The lowest BCUT2D eigenvalue weighted by Crippen LogP contribution is -2.37. The number of aromatic nitrogens is 4. The number of amides is 1. The van der Waals surface area contributed by atoms with Crippen molar-refractivity contribution >= 4 is 34.6 Å². The standard InChI is InChI=1S/C16H17ClN6O3/c1-21-13-12(14(25)22(2)16(21)26)23(15(20-13)19-7-11(18)24)8-9-5-3-4-6-10(9)17/h3-6H,7-8H2,1-2H3,(H2,18,24)(H,19,20). The Labute approximate surface area is 152 Å². The molecular weight excluding hydrogens is 360 g/mol. The van der Waals surface area contributed by atoms with E-state index in [0.29, 0.717) is 5.02 Å². The second-order valence-corrected chi connectivity index (χ2v) is 6.22. The van der Waals surface area contributed by atoms with Gasteiger partial charge in [-0.05, 0) is 11.6 Å². The molecule has 2 heterocycles. The van der Waals surface area contributed by atoms with Crippen LogP contribution in [0, 0.1) is 0 Å². The number of benzene rings is 1. The van der Waals surface area contributed by atoms with E-state index in [9.17, 15) is 14.4 Å². The number of halogens is 1. The number of imidazole rings is 1. The van der Waals surface area contributed by atoms with Crippen molar-refractivity contribution in [1.29, 1.82) is 0 Å². The second-order valence-electron chi connectivity index (χ2n) is 5.81. The van der Waals surface area contributed by atoms with E-state index in [1.165, 1.54) is 18.7 Å². The molecule has 3 rings (SSSR count). The van der Waals surface area contributed by atoms with E-state index in [-0.39, 0.29) is 30.2 Å². The number of fused-ring (bicyclic) bond motifs is 1. The molecule has 136 valence electrons. The van der Waals surface area contributed by atoms with Gasteiger partial charge in [0.15, 0.2) is 11.2 Å². The van der Waals surface area contributed by atoms with Gasteiger partial charge in [-0.25, -0.2) is 4.79 Å². The third-order valence-corrected chi connectivity index (χ3v) is 4.42. The first-order valence-electron chi connectivity index (χ1n) is 7.73. The molecule has 3 aromatic rings. The molecule has 0 saturated heterocycles. The zero-order chi connectivity index (χ0) is 19.0. The van der Waals surface area contributed by atoms with Crippen LogP contribution in [0.25, 0.3) is 11.2 Å². The fourth-order valence-electron chi connectivity index (χ4n) is 2.70. The number of rotatable bonds is 5. The van der Waals surface area contributed by atoms with Crippen LogP contribution < -0.4 is 22.3 Å². The number of nitrogens with two attached hydrogens (primary N) is 1. The summed E-state index contributed by atoms with van der Waals surface area (Å²) in [5.74, 6) is -0.333. The van der Waals surface area contributed by atoms with E-state index in [0.717, 1.165) is 10.1 Å². The van der Waals surface area contributed by atoms with Crippen LogP contribution in [0.2, 0.25) is 5.02 Å². The van der Waals surface area contributed by atoms with Crippen molar-refractivity contribution in [2.75, 3.05) is 11.9 Å². The third-order valence-electron chi connectivity index (χ3n) is 4.06. The van der Waals surface area contributed by atoms with E-state index in [2.05, 4.69) is 10.3 Å². The maximum atomic E-state index is 12.7. The monoisotopic (exact) mass is 376 g/mol. The van der Waals surface area contributed by atoms with Crippen molar-refractivity contribution in [1.82, 2.24) is 18.7 Å². The molecule has 0 bridgehead atoms. The Morgan fingerprint density at radius 3 is 2.58 bits per heavy atom. The predicted molar refractivity (Wildman–Crippen MR) is 98.5 cm³/mol. The van der Waals surface area contributed by atoms with Crippen LogP contribution in [-0.2, 0) is 25.4 Å². The minimum atomic E-state index is -0.580. The highest BCUT2D eigenvalue weighted by molar-refractivity contribution is 6.31. The Bertz CT molecular complexity index is 1130. The van der Waals surface area contributed by atoms with Crippen molar-refractivity contribution < 1.29 is 4.79 Å². The molecular formula is C16H17ClN6O3. The number of hydrogen-bond acceptors (Lipinski definition) is 5. The predicted octanol–water partition coefficient (Wildman–Crippen LogP) is 0.0326. The van der Waals surface area contributed by atoms with Crippen LogP contribution in [0.15, 0.2) is 33.9 Å². The molecule has 9 nitrogen and oxygen atoms in total. The number of aryl methyl sites for hydroxylation is 1. The molecule has 0 spiro atoms. The van der Waals surface area contributed by atoms with Gasteiger partial charge in [0.2, 0.25) is 11.9 Å². The second kappa shape index (κ2) is 6.68. The molecule has 0 atom stereocenters. The van der Waals surface area contributed by atoms with Crippen LogP contribution in [0.5, 0.6) is 0 Å². The molecule has 0 aliphatic heterocycles. The van der Waals surface area contributed by atoms with Gasteiger partial charge in [-0.15, -0.1) is 0 Å². The fraction of sp³-hybridized carbons (Fsp3) is 0.250. The van der Waals surface area contributed by atoms with Crippen LogP contribution in [0.4, 0.5) is 5.95 Å². The summed E-state index contributed by atoms with van der Waals surface area (Å²) in [6.45, 7) is 0.0603. The molecule has 0 aliphatic rings. The van der Waals surface area contributed by atoms with Gasteiger partial charge in [0.25, 0.3) is 5.56 Å². The summed E-state index contributed by atoms with van der Waals surface area (Å²) >= 11 is 6.23.